The summed E-state index contributed by atoms with van der Waals surface area (Å²) in [5, 5.41) is 13.7. The molecular weight excluding hydrogens is 561 g/mol. The highest BCUT2D eigenvalue weighted by Gasteiger charge is 2.32. The highest BCUT2D eigenvalue weighted by atomic mass is 79.9. The Bertz CT molecular complexity index is 1140. The van der Waals surface area contributed by atoms with Gasteiger partial charge in [0.25, 0.3) is 0 Å². The zero-order chi connectivity index (χ0) is 23.0. The number of phenols is 1. The number of halogens is 5. The molecule has 1 fully saturated rings. The van der Waals surface area contributed by atoms with Crippen molar-refractivity contribution in [3.8, 4) is 17.1 Å². The van der Waals surface area contributed by atoms with Crippen molar-refractivity contribution < 1.29 is 27.6 Å². The molecule has 0 saturated carbocycles. The highest BCUT2D eigenvalue weighted by Crippen LogP contribution is 2.36. The fourth-order valence-electron chi connectivity index (χ4n) is 3.30. The Labute approximate surface area is 197 Å². The number of piperazine rings is 1. The SMILES string of the molecule is O=C(c1nc(-c2cc(Br)c(O)c(Br)c2)no1)N1CCN(c2cccc(C(F)(F)F)c2)CC1. The molecule has 1 aliphatic rings. The maximum Gasteiger partial charge on any atom is 0.416 e. The van der Waals surface area contributed by atoms with E-state index in [2.05, 4.69) is 42.0 Å². The number of benzene rings is 2. The Hall–Kier alpha value is -2.60. The molecule has 0 spiro atoms. The second-order valence-corrected chi connectivity index (χ2v) is 8.75. The van der Waals surface area contributed by atoms with Gasteiger partial charge in [-0.05, 0) is 62.2 Å². The summed E-state index contributed by atoms with van der Waals surface area (Å²) < 4.78 is 44.9. The minimum absolute atomic E-state index is 0.0205. The van der Waals surface area contributed by atoms with Crippen LogP contribution in [0.5, 0.6) is 5.75 Å². The molecule has 1 aliphatic heterocycles. The number of hydrogen-bond acceptors (Lipinski definition) is 6. The van der Waals surface area contributed by atoms with E-state index < -0.39 is 17.6 Å². The Morgan fingerprint density at radius 3 is 2.34 bits per heavy atom. The van der Waals surface area contributed by atoms with E-state index in [0.29, 0.717) is 46.4 Å². The van der Waals surface area contributed by atoms with Crippen molar-refractivity contribution in [3.05, 3.63) is 56.8 Å². The monoisotopic (exact) mass is 574 g/mol. The molecule has 2 aromatic carbocycles. The van der Waals surface area contributed by atoms with Crippen LogP contribution in [-0.2, 0) is 6.18 Å². The Morgan fingerprint density at radius 1 is 1.06 bits per heavy atom. The van der Waals surface area contributed by atoms with E-state index in [4.69, 9.17) is 4.52 Å². The molecule has 0 bridgehead atoms. The van der Waals surface area contributed by atoms with Gasteiger partial charge in [-0.2, -0.15) is 18.2 Å². The van der Waals surface area contributed by atoms with Crippen LogP contribution in [0.15, 0.2) is 49.9 Å². The van der Waals surface area contributed by atoms with Crippen LogP contribution in [0.25, 0.3) is 11.4 Å². The summed E-state index contributed by atoms with van der Waals surface area (Å²) in [5.74, 6) is -0.443. The fourth-order valence-corrected chi connectivity index (χ4v) is 4.49. The Kier molecular flexibility index (Phi) is 6.17. The summed E-state index contributed by atoms with van der Waals surface area (Å²) in [6.07, 6.45) is -4.41. The largest absolute Gasteiger partial charge is 0.506 e. The quantitative estimate of drug-likeness (QED) is 0.476. The lowest BCUT2D eigenvalue weighted by Crippen LogP contribution is -2.49. The topological polar surface area (TPSA) is 82.7 Å². The van der Waals surface area contributed by atoms with Gasteiger partial charge in [-0.3, -0.25) is 4.79 Å². The summed E-state index contributed by atoms with van der Waals surface area (Å²) in [5.41, 5.74) is 0.272. The first-order chi connectivity index (χ1) is 15.1. The van der Waals surface area contributed by atoms with E-state index in [1.165, 1.54) is 11.0 Å². The lowest BCUT2D eigenvalue weighted by atomic mass is 10.1. The van der Waals surface area contributed by atoms with Crippen molar-refractivity contribution in [2.75, 3.05) is 31.1 Å². The number of alkyl halides is 3. The van der Waals surface area contributed by atoms with Crippen LogP contribution in [0.4, 0.5) is 18.9 Å². The van der Waals surface area contributed by atoms with Crippen molar-refractivity contribution in [1.82, 2.24) is 15.0 Å². The molecule has 0 atom stereocenters. The number of aromatic hydroxyl groups is 1. The molecule has 0 aliphatic carbocycles. The summed E-state index contributed by atoms with van der Waals surface area (Å²) in [7, 11) is 0. The molecule has 32 heavy (non-hydrogen) atoms. The zero-order valence-corrected chi connectivity index (χ0v) is 19.4. The van der Waals surface area contributed by atoms with Crippen LogP contribution in [0.2, 0.25) is 0 Å². The van der Waals surface area contributed by atoms with Crippen molar-refractivity contribution in [2.45, 2.75) is 6.18 Å². The molecule has 1 amide bonds. The first-order valence-electron chi connectivity index (χ1n) is 9.37. The fraction of sp³-hybridized carbons (Fsp3) is 0.250. The van der Waals surface area contributed by atoms with Gasteiger partial charge in [0.2, 0.25) is 5.82 Å². The summed E-state index contributed by atoms with van der Waals surface area (Å²) in [6.45, 7) is 1.32. The second kappa shape index (κ2) is 8.74. The molecule has 1 aromatic heterocycles. The van der Waals surface area contributed by atoms with E-state index in [-0.39, 0.29) is 17.5 Å². The van der Waals surface area contributed by atoms with Gasteiger partial charge in [0, 0.05) is 37.4 Å². The number of carbonyl (C=O) groups excluding carboxylic acids is 1. The van der Waals surface area contributed by atoms with E-state index in [0.717, 1.165) is 12.1 Å². The first-order valence-corrected chi connectivity index (χ1v) is 11.0. The molecule has 1 saturated heterocycles. The van der Waals surface area contributed by atoms with Crippen LogP contribution in [-0.4, -0.2) is 52.2 Å². The van der Waals surface area contributed by atoms with Crippen LogP contribution < -0.4 is 4.90 Å². The van der Waals surface area contributed by atoms with Gasteiger partial charge in [-0.25, -0.2) is 0 Å². The van der Waals surface area contributed by atoms with Gasteiger partial charge < -0.3 is 19.4 Å². The van der Waals surface area contributed by atoms with Crippen molar-refractivity contribution >= 4 is 43.5 Å². The number of amides is 1. The molecule has 0 unspecified atom stereocenters. The number of hydrogen-bond donors (Lipinski definition) is 1. The van der Waals surface area contributed by atoms with Gasteiger partial charge in [-0.1, -0.05) is 11.2 Å². The number of phenolic OH excluding ortho intramolecular Hbond substituents is 1. The lowest BCUT2D eigenvalue weighted by Gasteiger charge is -2.35. The maximum atomic E-state index is 13.0. The van der Waals surface area contributed by atoms with Gasteiger partial charge in [0.05, 0.1) is 14.5 Å². The summed E-state index contributed by atoms with van der Waals surface area (Å²) in [6, 6.07) is 8.30. The van der Waals surface area contributed by atoms with Crippen molar-refractivity contribution in [1.29, 1.82) is 0 Å². The molecule has 3 aromatic rings. The van der Waals surface area contributed by atoms with Gasteiger partial charge in [0.15, 0.2) is 0 Å². The average molecular weight is 576 g/mol. The summed E-state index contributed by atoms with van der Waals surface area (Å²) in [4.78, 5) is 20.2. The predicted octanol–water partition coefficient (Wildman–Crippen LogP) is 4.95. The lowest BCUT2D eigenvalue weighted by molar-refractivity contribution is -0.137. The standard InChI is InChI=1S/C20H15Br2F3N4O3/c21-14-8-11(9-15(22)16(14)30)17-26-18(32-27-17)19(31)29-6-4-28(5-7-29)13-3-1-2-12(10-13)20(23,24)25/h1-3,8-10,30H,4-7H2. The minimum Gasteiger partial charge on any atom is -0.506 e. The normalized spacial score (nSPS) is 14.7. The molecule has 1 N–H and O–H groups in total. The van der Waals surface area contributed by atoms with E-state index in [9.17, 15) is 23.1 Å². The van der Waals surface area contributed by atoms with Gasteiger partial charge in [-0.15, -0.1) is 0 Å². The average Bonchev–Trinajstić information content (AvgIpc) is 3.26. The summed E-state index contributed by atoms with van der Waals surface area (Å²) >= 11 is 6.45. The van der Waals surface area contributed by atoms with Crippen LogP contribution in [0.1, 0.15) is 16.2 Å². The first kappa shape index (κ1) is 22.6. The van der Waals surface area contributed by atoms with E-state index >= 15 is 0 Å². The molecule has 12 heteroatoms. The number of aromatic nitrogens is 2. The third-order valence-corrected chi connectivity index (χ3v) is 6.20. The molecule has 7 nitrogen and oxygen atoms in total. The molecular formula is C20H15Br2F3N4O3. The van der Waals surface area contributed by atoms with Crippen LogP contribution in [0.3, 0.4) is 0 Å². The number of rotatable bonds is 3. The predicted molar refractivity (Wildman–Crippen MR) is 116 cm³/mol. The number of nitrogens with zero attached hydrogens (tertiary/aromatic N) is 4. The van der Waals surface area contributed by atoms with Crippen molar-refractivity contribution in [2.24, 2.45) is 0 Å². The Morgan fingerprint density at radius 2 is 1.72 bits per heavy atom. The molecule has 0 radical (unpaired) electrons. The molecule has 168 valence electrons. The number of carbonyl (C=O) groups is 1. The molecule has 2 heterocycles. The van der Waals surface area contributed by atoms with Crippen molar-refractivity contribution in [3.63, 3.8) is 0 Å². The van der Waals surface area contributed by atoms with Gasteiger partial charge >= 0.3 is 18.0 Å². The smallest absolute Gasteiger partial charge is 0.416 e. The number of anilines is 1. The third-order valence-electron chi connectivity index (χ3n) is 4.99. The van der Waals surface area contributed by atoms with E-state index in [1.807, 2.05) is 0 Å². The third kappa shape index (κ3) is 4.60. The maximum absolute atomic E-state index is 13.0. The second-order valence-electron chi connectivity index (χ2n) is 7.04. The van der Waals surface area contributed by atoms with Crippen LogP contribution >= 0.6 is 31.9 Å². The highest BCUT2D eigenvalue weighted by molar-refractivity contribution is 9.11. The minimum atomic E-state index is -4.41. The molecule has 4 rings (SSSR count). The van der Waals surface area contributed by atoms with E-state index in [1.54, 1.807) is 23.1 Å². The Balaban J connectivity index is 1.44. The van der Waals surface area contributed by atoms with Crippen LogP contribution in [0, 0.1) is 0 Å². The van der Waals surface area contributed by atoms with Gasteiger partial charge in [0.1, 0.15) is 5.75 Å². The zero-order valence-electron chi connectivity index (χ0n) is 16.2.